The van der Waals surface area contributed by atoms with Crippen LogP contribution in [0.1, 0.15) is 6.92 Å². The van der Waals surface area contributed by atoms with Crippen LogP contribution in [0.3, 0.4) is 0 Å². The zero-order chi connectivity index (χ0) is 13.7. The lowest BCUT2D eigenvalue weighted by atomic mass is 10.1. The maximum atomic E-state index is 11.5. The zero-order valence-electron chi connectivity index (χ0n) is 11.4. The van der Waals surface area contributed by atoms with Gasteiger partial charge in [-0.3, -0.25) is 4.79 Å². The number of hydrogen-bond acceptors (Lipinski definition) is 4. The van der Waals surface area contributed by atoms with Crippen molar-refractivity contribution in [2.45, 2.75) is 6.92 Å². The Morgan fingerprint density at radius 3 is 2.78 bits per heavy atom. The average molecular weight is 251 g/mol. The summed E-state index contributed by atoms with van der Waals surface area (Å²) in [6.07, 6.45) is 0. The summed E-state index contributed by atoms with van der Waals surface area (Å²) >= 11 is 0. The van der Waals surface area contributed by atoms with E-state index in [0.717, 1.165) is 11.4 Å². The smallest absolute Gasteiger partial charge is 0.224 e. The number of amides is 1. The van der Waals surface area contributed by atoms with E-state index < -0.39 is 0 Å². The molecule has 0 bridgehead atoms. The number of nitrogens with two attached hydrogens (primary N) is 1. The SMILES string of the molecule is CNC(=O)C(C)CN(C)c1cc(OC)ccc1N. The van der Waals surface area contributed by atoms with E-state index in [2.05, 4.69) is 5.32 Å². The van der Waals surface area contributed by atoms with Crippen molar-refractivity contribution in [3.8, 4) is 5.75 Å². The molecule has 0 aliphatic rings. The van der Waals surface area contributed by atoms with Crippen molar-refractivity contribution >= 4 is 17.3 Å². The lowest BCUT2D eigenvalue weighted by molar-refractivity contribution is -0.123. The van der Waals surface area contributed by atoms with Crippen molar-refractivity contribution in [2.75, 3.05) is 38.4 Å². The maximum absolute atomic E-state index is 11.5. The molecule has 0 aromatic heterocycles. The molecule has 1 aromatic rings. The summed E-state index contributed by atoms with van der Waals surface area (Å²) in [6, 6.07) is 5.48. The van der Waals surface area contributed by atoms with Gasteiger partial charge in [0.15, 0.2) is 0 Å². The van der Waals surface area contributed by atoms with E-state index in [1.54, 1.807) is 20.2 Å². The monoisotopic (exact) mass is 251 g/mol. The summed E-state index contributed by atoms with van der Waals surface area (Å²) in [4.78, 5) is 13.4. The van der Waals surface area contributed by atoms with Gasteiger partial charge in [-0.1, -0.05) is 6.92 Å². The average Bonchev–Trinajstić information content (AvgIpc) is 2.38. The molecule has 0 saturated heterocycles. The molecule has 1 unspecified atom stereocenters. The number of nitrogens with one attached hydrogen (secondary N) is 1. The first-order valence-corrected chi connectivity index (χ1v) is 5.85. The van der Waals surface area contributed by atoms with Gasteiger partial charge >= 0.3 is 0 Å². The molecule has 1 rings (SSSR count). The highest BCUT2D eigenvalue weighted by Gasteiger charge is 2.15. The largest absolute Gasteiger partial charge is 0.497 e. The summed E-state index contributed by atoms with van der Waals surface area (Å²) in [5.74, 6) is 0.660. The fourth-order valence-electron chi connectivity index (χ4n) is 1.82. The molecule has 1 atom stereocenters. The number of rotatable bonds is 5. The molecule has 0 aliphatic carbocycles. The van der Waals surface area contributed by atoms with E-state index in [9.17, 15) is 4.79 Å². The van der Waals surface area contributed by atoms with E-state index in [1.165, 1.54) is 0 Å². The van der Waals surface area contributed by atoms with Crippen LogP contribution >= 0.6 is 0 Å². The predicted molar refractivity (Wildman–Crippen MR) is 73.9 cm³/mol. The number of benzene rings is 1. The quantitative estimate of drug-likeness (QED) is 0.769. The van der Waals surface area contributed by atoms with Gasteiger partial charge in [0, 0.05) is 26.7 Å². The number of methoxy groups -OCH3 is 1. The number of hydrogen-bond donors (Lipinski definition) is 2. The Bertz CT molecular complexity index is 421. The number of nitrogens with zero attached hydrogens (tertiary/aromatic N) is 1. The van der Waals surface area contributed by atoms with Crippen molar-refractivity contribution in [2.24, 2.45) is 5.92 Å². The van der Waals surface area contributed by atoms with E-state index in [-0.39, 0.29) is 11.8 Å². The number of ether oxygens (including phenoxy) is 1. The molecule has 0 aliphatic heterocycles. The van der Waals surface area contributed by atoms with Gasteiger partial charge in [0.05, 0.1) is 24.4 Å². The fraction of sp³-hybridized carbons (Fsp3) is 0.462. The zero-order valence-corrected chi connectivity index (χ0v) is 11.4. The van der Waals surface area contributed by atoms with Gasteiger partial charge in [0.1, 0.15) is 5.75 Å². The number of nitrogen functional groups attached to an aromatic ring is 1. The highest BCUT2D eigenvalue weighted by Crippen LogP contribution is 2.27. The highest BCUT2D eigenvalue weighted by atomic mass is 16.5. The Balaban J connectivity index is 2.83. The van der Waals surface area contributed by atoms with Gasteiger partial charge in [-0.05, 0) is 12.1 Å². The van der Waals surface area contributed by atoms with E-state index in [1.807, 2.05) is 31.0 Å². The van der Waals surface area contributed by atoms with Crippen molar-refractivity contribution in [3.05, 3.63) is 18.2 Å². The Morgan fingerprint density at radius 1 is 1.56 bits per heavy atom. The Morgan fingerprint density at radius 2 is 2.22 bits per heavy atom. The topological polar surface area (TPSA) is 67.6 Å². The van der Waals surface area contributed by atoms with Crippen LogP contribution < -0.4 is 20.7 Å². The summed E-state index contributed by atoms with van der Waals surface area (Å²) in [7, 11) is 5.16. The third kappa shape index (κ3) is 3.29. The highest BCUT2D eigenvalue weighted by molar-refractivity contribution is 5.79. The van der Waals surface area contributed by atoms with Crippen LogP contribution in [0.4, 0.5) is 11.4 Å². The van der Waals surface area contributed by atoms with Crippen LogP contribution in [-0.4, -0.2) is 33.7 Å². The second-order valence-electron chi connectivity index (χ2n) is 4.32. The van der Waals surface area contributed by atoms with Gasteiger partial charge in [0.2, 0.25) is 5.91 Å². The third-order valence-corrected chi connectivity index (χ3v) is 2.89. The van der Waals surface area contributed by atoms with Crippen LogP contribution in [-0.2, 0) is 4.79 Å². The fourth-order valence-corrected chi connectivity index (χ4v) is 1.82. The Kier molecular flexibility index (Phi) is 4.83. The first-order chi connectivity index (χ1) is 8.49. The second-order valence-corrected chi connectivity index (χ2v) is 4.32. The van der Waals surface area contributed by atoms with Crippen molar-refractivity contribution < 1.29 is 9.53 Å². The minimum Gasteiger partial charge on any atom is -0.497 e. The molecule has 0 fully saturated rings. The molecule has 5 heteroatoms. The molecule has 5 nitrogen and oxygen atoms in total. The molecular formula is C13H21N3O2. The first-order valence-electron chi connectivity index (χ1n) is 5.85. The molecule has 100 valence electrons. The first kappa shape index (κ1) is 14.2. The van der Waals surface area contributed by atoms with Gasteiger partial charge < -0.3 is 20.7 Å². The molecular weight excluding hydrogens is 230 g/mol. The number of carbonyl (C=O) groups is 1. The van der Waals surface area contributed by atoms with Crippen LogP contribution in [0.2, 0.25) is 0 Å². The van der Waals surface area contributed by atoms with E-state index in [4.69, 9.17) is 10.5 Å². The van der Waals surface area contributed by atoms with Crippen LogP contribution in [0.5, 0.6) is 5.75 Å². The maximum Gasteiger partial charge on any atom is 0.224 e. The van der Waals surface area contributed by atoms with Crippen LogP contribution in [0.25, 0.3) is 0 Å². The predicted octanol–water partition coefficient (Wildman–Crippen LogP) is 1.10. The summed E-state index contributed by atoms with van der Waals surface area (Å²) in [5, 5.41) is 2.64. The summed E-state index contributed by atoms with van der Waals surface area (Å²) in [6.45, 7) is 2.47. The van der Waals surface area contributed by atoms with Gasteiger partial charge in [-0.25, -0.2) is 0 Å². The third-order valence-electron chi connectivity index (χ3n) is 2.89. The minimum absolute atomic E-state index is 0.0170. The number of anilines is 2. The molecule has 1 aromatic carbocycles. The lowest BCUT2D eigenvalue weighted by Crippen LogP contribution is -2.34. The van der Waals surface area contributed by atoms with Crippen LogP contribution in [0.15, 0.2) is 18.2 Å². The lowest BCUT2D eigenvalue weighted by Gasteiger charge is -2.24. The van der Waals surface area contributed by atoms with Gasteiger partial charge in [-0.15, -0.1) is 0 Å². The van der Waals surface area contributed by atoms with Crippen molar-refractivity contribution in [1.82, 2.24) is 5.32 Å². The summed E-state index contributed by atoms with van der Waals surface area (Å²) < 4.78 is 5.17. The molecule has 0 saturated carbocycles. The van der Waals surface area contributed by atoms with Crippen molar-refractivity contribution in [3.63, 3.8) is 0 Å². The molecule has 18 heavy (non-hydrogen) atoms. The molecule has 0 radical (unpaired) electrons. The molecule has 1 amide bonds. The van der Waals surface area contributed by atoms with Gasteiger partial charge in [0.25, 0.3) is 0 Å². The number of carbonyl (C=O) groups excluding carboxylic acids is 1. The standard InChI is InChI=1S/C13H21N3O2/c1-9(13(17)15-2)8-16(3)12-7-10(18-4)5-6-11(12)14/h5-7,9H,8,14H2,1-4H3,(H,15,17). The molecule has 0 spiro atoms. The van der Waals surface area contributed by atoms with E-state index >= 15 is 0 Å². The molecule has 3 N–H and O–H groups in total. The second kappa shape index (κ2) is 6.14. The minimum atomic E-state index is -0.106. The Labute approximate surface area is 108 Å². The van der Waals surface area contributed by atoms with E-state index in [0.29, 0.717) is 12.2 Å². The normalized spacial score (nSPS) is 11.8. The Hall–Kier alpha value is -1.91. The van der Waals surface area contributed by atoms with Crippen LogP contribution in [0, 0.1) is 5.92 Å². The van der Waals surface area contributed by atoms with Gasteiger partial charge in [-0.2, -0.15) is 0 Å². The molecule has 0 heterocycles. The van der Waals surface area contributed by atoms with Crippen molar-refractivity contribution in [1.29, 1.82) is 0 Å². The summed E-state index contributed by atoms with van der Waals surface area (Å²) in [5.41, 5.74) is 7.47.